The van der Waals surface area contributed by atoms with Crippen molar-refractivity contribution in [3.63, 3.8) is 0 Å². The maximum atomic E-state index is 10.0. The standard InChI is InChI=1S/C28H37NO4/c1-31-28(32-2)21-13-15-29(16-14-21)23-9-7-19(8-10-23)26-25-12-11-24(30)17-22(25)18-33-27(26)20-5-3-4-6-20/h7-12,17,20-21,26-28,30H,3-6,13-16,18H2,1-2H3/t26-,27-/m0/s1. The number of nitrogens with zero attached hydrogens (tertiary/aromatic N) is 1. The summed E-state index contributed by atoms with van der Waals surface area (Å²) in [6.45, 7) is 2.64. The predicted octanol–water partition coefficient (Wildman–Crippen LogP) is 5.45. The zero-order chi connectivity index (χ0) is 22.8. The van der Waals surface area contributed by atoms with Gasteiger partial charge in [-0.2, -0.15) is 0 Å². The van der Waals surface area contributed by atoms with Crippen LogP contribution in [0.15, 0.2) is 42.5 Å². The van der Waals surface area contributed by atoms with E-state index < -0.39 is 0 Å². The highest BCUT2D eigenvalue weighted by Gasteiger charge is 2.38. The molecule has 0 spiro atoms. The smallest absolute Gasteiger partial charge is 0.159 e. The number of phenolic OH excluding ortho intramolecular Hbond substituents is 1. The zero-order valence-corrected chi connectivity index (χ0v) is 19.9. The van der Waals surface area contributed by atoms with E-state index in [0.29, 0.717) is 24.2 Å². The molecular weight excluding hydrogens is 414 g/mol. The second-order valence-corrected chi connectivity index (χ2v) is 9.94. The van der Waals surface area contributed by atoms with Crippen molar-refractivity contribution < 1.29 is 19.3 Å². The van der Waals surface area contributed by atoms with Crippen molar-refractivity contribution >= 4 is 5.69 Å². The van der Waals surface area contributed by atoms with Crippen LogP contribution in [0.4, 0.5) is 5.69 Å². The molecule has 2 aromatic carbocycles. The number of ether oxygens (including phenoxy) is 3. The summed E-state index contributed by atoms with van der Waals surface area (Å²) in [5.41, 5.74) is 5.03. The number of aromatic hydroxyl groups is 1. The summed E-state index contributed by atoms with van der Waals surface area (Å²) in [6.07, 6.45) is 7.38. The molecule has 0 radical (unpaired) electrons. The number of methoxy groups -OCH3 is 2. The molecule has 5 heteroatoms. The molecule has 2 aliphatic heterocycles. The molecule has 0 aromatic heterocycles. The lowest BCUT2D eigenvalue weighted by Crippen LogP contribution is -2.39. The minimum atomic E-state index is -0.104. The number of hydrogen-bond donors (Lipinski definition) is 1. The molecule has 3 aliphatic rings. The summed E-state index contributed by atoms with van der Waals surface area (Å²) in [5.74, 6) is 1.61. The van der Waals surface area contributed by atoms with E-state index in [1.165, 1.54) is 42.5 Å². The summed E-state index contributed by atoms with van der Waals surface area (Å²) in [4.78, 5) is 2.47. The fourth-order valence-corrected chi connectivity index (χ4v) is 6.35. The van der Waals surface area contributed by atoms with Gasteiger partial charge in [0.1, 0.15) is 5.75 Å². The Bertz CT molecular complexity index is 912. The minimum Gasteiger partial charge on any atom is -0.508 e. The normalized spacial score (nSPS) is 24.4. The van der Waals surface area contributed by atoms with Gasteiger partial charge >= 0.3 is 0 Å². The van der Waals surface area contributed by atoms with Gasteiger partial charge in [0, 0.05) is 44.8 Å². The second-order valence-electron chi connectivity index (χ2n) is 9.94. The summed E-state index contributed by atoms with van der Waals surface area (Å²) < 4.78 is 17.4. The van der Waals surface area contributed by atoms with Crippen LogP contribution in [0, 0.1) is 11.8 Å². The molecule has 5 nitrogen and oxygen atoms in total. The second kappa shape index (κ2) is 10.0. The average Bonchev–Trinajstić information content (AvgIpc) is 3.39. The topological polar surface area (TPSA) is 51.2 Å². The van der Waals surface area contributed by atoms with Crippen LogP contribution in [0.25, 0.3) is 0 Å². The lowest BCUT2D eigenvalue weighted by molar-refractivity contribution is -0.141. The first-order valence-corrected chi connectivity index (χ1v) is 12.5. The van der Waals surface area contributed by atoms with Gasteiger partial charge in [0.2, 0.25) is 0 Å². The first kappa shape index (κ1) is 22.7. The van der Waals surface area contributed by atoms with E-state index in [2.05, 4.69) is 35.2 Å². The molecule has 1 N–H and O–H groups in total. The van der Waals surface area contributed by atoms with Gasteiger partial charge < -0.3 is 24.2 Å². The maximum absolute atomic E-state index is 10.0. The van der Waals surface area contributed by atoms with Gasteiger partial charge in [-0.3, -0.25) is 0 Å². The van der Waals surface area contributed by atoms with Crippen LogP contribution in [0.5, 0.6) is 5.75 Å². The van der Waals surface area contributed by atoms with Crippen molar-refractivity contribution in [1.29, 1.82) is 0 Å². The molecule has 5 rings (SSSR count). The Hall–Kier alpha value is -2.08. The number of phenols is 1. The van der Waals surface area contributed by atoms with E-state index in [-0.39, 0.29) is 18.3 Å². The Labute approximate surface area is 197 Å². The fraction of sp³-hybridized carbons (Fsp3) is 0.571. The van der Waals surface area contributed by atoms with Gasteiger partial charge in [0.05, 0.1) is 12.7 Å². The van der Waals surface area contributed by atoms with Gasteiger partial charge in [0.25, 0.3) is 0 Å². The van der Waals surface area contributed by atoms with Crippen LogP contribution in [0.3, 0.4) is 0 Å². The van der Waals surface area contributed by atoms with E-state index in [4.69, 9.17) is 14.2 Å². The van der Waals surface area contributed by atoms with Gasteiger partial charge in [0.15, 0.2) is 6.29 Å². The van der Waals surface area contributed by atoms with Crippen molar-refractivity contribution in [3.05, 3.63) is 59.2 Å². The Morgan fingerprint density at radius 3 is 2.30 bits per heavy atom. The van der Waals surface area contributed by atoms with Crippen molar-refractivity contribution in [1.82, 2.24) is 0 Å². The molecule has 1 aliphatic carbocycles. The van der Waals surface area contributed by atoms with E-state index in [0.717, 1.165) is 31.5 Å². The Morgan fingerprint density at radius 1 is 0.939 bits per heavy atom. The third-order valence-electron chi connectivity index (χ3n) is 8.09. The van der Waals surface area contributed by atoms with Crippen LogP contribution in [-0.2, 0) is 20.8 Å². The molecule has 2 atom stereocenters. The molecule has 1 saturated heterocycles. The molecule has 2 heterocycles. The predicted molar refractivity (Wildman–Crippen MR) is 130 cm³/mol. The Kier molecular flexibility index (Phi) is 6.91. The highest BCUT2D eigenvalue weighted by Crippen LogP contribution is 2.45. The van der Waals surface area contributed by atoms with Crippen LogP contribution in [0.1, 0.15) is 61.1 Å². The Morgan fingerprint density at radius 2 is 1.64 bits per heavy atom. The SMILES string of the molecule is COC(OC)C1CCN(c2ccc([C@H]3c4ccc(O)cc4CO[C@H]3C3CCCC3)cc2)CC1. The van der Waals surface area contributed by atoms with Gasteiger partial charge in [-0.15, -0.1) is 0 Å². The summed E-state index contributed by atoms with van der Waals surface area (Å²) in [7, 11) is 3.46. The van der Waals surface area contributed by atoms with E-state index in [9.17, 15) is 5.11 Å². The van der Waals surface area contributed by atoms with Crippen LogP contribution >= 0.6 is 0 Å². The quantitative estimate of drug-likeness (QED) is 0.592. The van der Waals surface area contributed by atoms with Crippen molar-refractivity contribution in [2.45, 2.75) is 63.4 Å². The lowest BCUT2D eigenvalue weighted by atomic mass is 9.77. The fourth-order valence-electron chi connectivity index (χ4n) is 6.35. The van der Waals surface area contributed by atoms with Gasteiger partial charge in [-0.05, 0) is 72.6 Å². The van der Waals surface area contributed by atoms with E-state index in [1.807, 2.05) is 12.1 Å². The van der Waals surface area contributed by atoms with Crippen LogP contribution < -0.4 is 4.90 Å². The number of piperidine rings is 1. The average molecular weight is 452 g/mol. The lowest BCUT2D eigenvalue weighted by Gasteiger charge is -2.38. The molecule has 0 amide bonds. The Balaban J connectivity index is 1.36. The van der Waals surface area contributed by atoms with Gasteiger partial charge in [-0.1, -0.05) is 31.0 Å². The summed E-state index contributed by atoms with van der Waals surface area (Å²) >= 11 is 0. The van der Waals surface area contributed by atoms with Crippen LogP contribution in [0.2, 0.25) is 0 Å². The maximum Gasteiger partial charge on any atom is 0.159 e. The molecule has 33 heavy (non-hydrogen) atoms. The van der Waals surface area contributed by atoms with Crippen LogP contribution in [-0.4, -0.2) is 44.8 Å². The molecule has 0 unspecified atom stereocenters. The highest BCUT2D eigenvalue weighted by molar-refractivity contribution is 5.51. The summed E-state index contributed by atoms with van der Waals surface area (Å²) in [6, 6.07) is 15.0. The molecule has 0 bridgehead atoms. The molecular formula is C28H37NO4. The summed E-state index contributed by atoms with van der Waals surface area (Å²) in [5, 5.41) is 10.0. The van der Waals surface area contributed by atoms with Crippen molar-refractivity contribution in [3.8, 4) is 5.75 Å². The zero-order valence-electron chi connectivity index (χ0n) is 19.9. The minimum absolute atomic E-state index is 0.104. The first-order valence-electron chi connectivity index (χ1n) is 12.5. The van der Waals surface area contributed by atoms with E-state index in [1.54, 1.807) is 14.2 Å². The van der Waals surface area contributed by atoms with Gasteiger partial charge in [-0.25, -0.2) is 0 Å². The third kappa shape index (κ3) is 4.64. The molecule has 1 saturated carbocycles. The van der Waals surface area contributed by atoms with Crippen molar-refractivity contribution in [2.75, 3.05) is 32.2 Å². The van der Waals surface area contributed by atoms with Crippen molar-refractivity contribution in [2.24, 2.45) is 11.8 Å². The number of anilines is 1. The number of benzene rings is 2. The number of rotatable bonds is 6. The molecule has 178 valence electrons. The monoisotopic (exact) mass is 451 g/mol. The number of fused-ring (bicyclic) bond motifs is 1. The largest absolute Gasteiger partial charge is 0.508 e. The molecule has 2 fully saturated rings. The first-order chi connectivity index (χ1) is 16.2. The highest BCUT2D eigenvalue weighted by atomic mass is 16.7. The molecule has 2 aromatic rings. The third-order valence-corrected chi connectivity index (χ3v) is 8.09. The number of hydrogen-bond acceptors (Lipinski definition) is 5. The van der Waals surface area contributed by atoms with E-state index >= 15 is 0 Å².